The van der Waals surface area contributed by atoms with Gasteiger partial charge in [-0.1, -0.05) is 19.3 Å². The summed E-state index contributed by atoms with van der Waals surface area (Å²) >= 11 is 3.45. The van der Waals surface area contributed by atoms with Gasteiger partial charge in [0, 0.05) is 21.9 Å². The summed E-state index contributed by atoms with van der Waals surface area (Å²) in [6, 6.07) is 6.70. The van der Waals surface area contributed by atoms with E-state index in [4.69, 9.17) is 5.73 Å². The topological polar surface area (TPSA) is 38.0 Å². The molecular formula is C12H17BrN2. The minimum absolute atomic E-state index is 0.647. The van der Waals surface area contributed by atoms with Crippen LogP contribution in [0.2, 0.25) is 0 Å². The van der Waals surface area contributed by atoms with E-state index in [9.17, 15) is 0 Å². The second kappa shape index (κ2) is 4.88. The first-order chi connectivity index (χ1) is 7.25. The van der Waals surface area contributed by atoms with Gasteiger partial charge >= 0.3 is 0 Å². The van der Waals surface area contributed by atoms with Crippen LogP contribution in [0.25, 0.3) is 0 Å². The standard InChI is InChI=1S/C12H17BrN2/c13-11-8-10(6-7-12(11)14)15-9-4-2-1-3-5-9/h6-9,15H,1-5,14H2. The van der Waals surface area contributed by atoms with Crippen LogP contribution >= 0.6 is 15.9 Å². The third-order valence-electron chi connectivity index (χ3n) is 2.98. The molecule has 1 fully saturated rings. The minimum atomic E-state index is 0.647. The van der Waals surface area contributed by atoms with Gasteiger partial charge in [0.2, 0.25) is 0 Å². The lowest BCUT2D eigenvalue weighted by Gasteiger charge is -2.24. The number of hydrogen-bond acceptors (Lipinski definition) is 2. The summed E-state index contributed by atoms with van der Waals surface area (Å²) in [7, 11) is 0. The number of nitrogens with two attached hydrogens (primary N) is 1. The van der Waals surface area contributed by atoms with Crippen molar-refractivity contribution in [3.8, 4) is 0 Å². The van der Waals surface area contributed by atoms with E-state index in [1.807, 2.05) is 6.07 Å². The SMILES string of the molecule is Nc1ccc(NC2CCCCC2)cc1Br. The van der Waals surface area contributed by atoms with Gasteiger partial charge in [0.15, 0.2) is 0 Å². The molecule has 0 saturated heterocycles. The predicted molar refractivity (Wildman–Crippen MR) is 69.1 cm³/mol. The maximum atomic E-state index is 5.75. The number of anilines is 2. The van der Waals surface area contributed by atoms with Gasteiger partial charge in [-0.3, -0.25) is 0 Å². The van der Waals surface area contributed by atoms with Gasteiger partial charge < -0.3 is 11.1 Å². The second-order valence-corrected chi connectivity index (χ2v) is 5.07. The van der Waals surface area contributed by atoms with Gasteiger partial charge in [0.1, 0.15) is 0 Å². The largest absolute Gasteiger partial charge is 0.398 e. The zero-order valence-corrected chi connectivity index (χ0v) is 10.4. The fourth-order valence-corrected chi connectivity index (χ4v) is 2.48. The van der Waals surface area contributed by atoms with Crippen LogP contribution in [0.4, 0.5) is 11.4 Å². The molecule has 0 spiro atoms. The zero-order chi connectivity index (χ0) is 10.7. The Labute approximate surface area is 99.4 Å². The van der Waals surface area contributed by atoms with Crippen molar-refractivity contribution in [1.29, 1.82) is 0 Å². The summed E-state index contributed by atoms with van der Waals surface area (Å²) in [5, 5.41) is 3.56. The Morgan fingerprint density at radius 2 is 1.93 bits per heavy atom. The third-order valence-corrected chi connectivity index (χ3v) is 3.66. The molecule has 15 heavy (non-hydrogen) atoms. The minimum Gasteiger partial charge on any atom is -0.398 e. The van der Waals surface area contributed by atoms with E-state index >= 15 is 0 Å². The molecule has 2 rings (SSSR count). The van der Waals surface area contributed by atoms with E-state index in [1.54, 1.807) is 0 Å². The molecule has 0 aliphatic heterocycles. The van der Waals surface area contributed by atoms with Crippen LogP contribution in [0.1, 0.15) is 32.1 Å². The number of rotatable bonds is 2. The normalized spacial score (nSPS) is 17.7. The average Bonchev–Trinajstić information content (AvgIpc) is 2.25. The highest BCUT2D eigenvalue weighted by Gasteiger charge is 2.12. The van der Waals surface area contributed by atoms with Crippen molar-refractivity contribution < 1.29 is 0 Å². The predicted octanol–water partition coefficient (Wildman–Crippen LogP) is 3.78. The molecule has 3 N–H and O–H groups in total. The maximum Gasteiger partial charge on any atom is 0.0460 e. The van der Waals surface area contributed by atoms with Crippen LogP contribution in [-0.4, -0.2) is 6.04 Å². The number of benzene rings is 1. The van der Waals surface area contributed by atoms with E-state index in [1.165, 1.54) is 37.8 Å². The Balaban J connectivity index is 2.00. The number of nitrogen functional groups attached to an aromatic ring is 1. The summed E-state index contributed by atoms with van der Waals surface area (Å²) in [4.78, 5) is 0. The Hall–Kier alpha value is -0.700. The molecule has 1 aromatic carbocycles. The molecule has 1 aliphatic carbocycles. The van der Waals surface area contributed by atoms with E-state index in [2.05, 4.69) is 33.4 Å². The lowest BCUT2D eigenvalue weighted by molar-refractivity contribution is 0.463. The highest BCUT2D eigenvalue weighted by Crippen LogP contribution is 2.26. The molecule has 1 aliphatic rings. The molecule has 1 aromatic rings. The molecule has 0 radical (unpaired) electrons. The Kier molecular flexibility index (Phi) is 3.52. The molecule has 0 amide bonds. The van der Waals surface area contributed by atoms with E-state index in [0.717, 1.165) is 10.2 Å². The van der Waals surface area contributed by atoms with Crippen molar-refractivity contribution in [2.45, 2.75) is 38.1 Å². The monoisotopic (exact) mass is 268 g/mol. The third kappa shape index (κ3) is 2.88. The van der Waals surface area contributed by atoms with Crippen LogP contribution in [0, 0.1) is 0 Å². The van der Waals surface area contributed by atoms with E-state index in [-0.39, 0.29) is 0 Å². The summed E-state index contributed by atoms with van der Waals surface area (Å²) in [5.41, 5.74) is 7.71. The van der Waals surface area contributed by atoms with Crippen LogP contribution in [0.5, 0.6) is 0 Å². The summed E-state index contributed by atoms with van der Waals surface area (Å²) in [6.07, 6.45) is 6.69. The summed E-state index contributed by atoms with van der Waals surface area (Å²) < 4.78 is 0.975. The number of hydrogen-bond donors (Lipinski definition) is 2. The van der Waals surface area contributed by atoms with Crippen LogP contribution in [-0.2, 0) is 0 Å². The van der Waals surface area contributed by atoms with Crippen LogP contribution < -0.4 is 11.1 Å². The summed E-state index contributed by atoms with van der Waals surface area (Å²) in [5.74, 6) is 0. The van der Waals surface area contributed by atoms with Gasteiger partial charge in [-0.05, 0) is 47.0 Å². The second-order valence-electron chi connectivity index (χ2n) is 4.22. The zero-order valence-electron chi connectivity index (χ0n) is 8.80. The van der Waals surface area contributed by atoms with E-state index < -0.39 is 0 Å². The van der Waals surface area contributed by atoms with Gasteiger partial charge in [0.25, 0.3) is 0 Å². The fraction of sp³-hybridized carbons (Fsp3) is 0.500. The lowest BCUT2D eigenvalue weighted by Crippen LogP contribution is -2.22. The molecule has 2 nitrogen and oxygen atoms in total. The van der Waals surface area contributed by atoms with Crippen molar-refractivity contribution in [3.63, 3.8) is 0 Å². The molecule has 0 aromatic heterocycles. The first-order valence-electron chi connectivity index (χ1n) is 5.57. The lowest BCUT2D eigenvalue weighted by atomic mass is 9.95. The highest BCUT2D eigenvalue weighted by atomic mass is 79.9. The molecule has 0 atom stereocenters. The first kappa shape index (κ1) is 10.8. The number of nitrogens with one attached hydrogen (secondary N) is 1. The van der Waals surface area contributed by atoms with Crippen molar-refractivity contribution in [3.05, 3.63) is 22.7 Å². The number of halogens is 1. The fourth-order valence-electron chi connectivity index (χ4n) is 2.10. The molecule has 3 heteroatoms. The van der Waals surface area contributed by atoms with Gasteiger partial charge in [0.05, 0.1) is 0 Å². The molecular weight excluding hydrogens is 252 g/mol. The molecule has 82 valence electrons. The smallest absolute Gasteiger partial charge is 0.0460 e. The van der Waals surface area contributed by atoms with Gasteiger partial charge in [-0.25, -0.2) is 0 Å². The average molecular weight is 269 g/mol. The molecule has 0 heterocycles. The van der Waals surface area contributed by atoms with Crippen molar-refractivity contribution >= 4 is 27.3 Å². The van der Waals surface area contributed by atoms with Crippen LogP contribution in [0.15, 0.2) is 22.7 Å². The van der Waals surface area contributed by atoms with Crippen molar-refractivity contribution in [2.75, 3.05) is 11.1 Å². The van der Waals surface area contributed by atoms with Crippen molar-refractivity contribution in [1.82, 2.24) is 0 Å². The van der Waals surface area contributed by atoms with Crippen LogP contribution in [0.3, 0.4) is 0 Å². The summed E-state index contributed by atoms with van der Waals surface area (Å²) in [6.45, 7) is 0. The van der Waals surface area contributed by atoms with E-state index in [0.29, 0.717) is 6.04 Å². The van der Waals surface area contributed by atoms with Gasteiger partial charge in [-0.2, -0.15) is 0 Å². The molecule has 1 saturated carbocycles. The van der Waals surface area contributed by atoms with Crippen molar-refractivity contribution in [2.24, 2.45) is 0 Å². The molecule has 0 bridgehead atoms. The Morgan fingerprint density at radius 1 is 1.20 bits per heavy atom. The Morgan fingerprint density at radius 3 is 2.60 bits per heavy atom. The Bertz CT molecular complexity index is 332. The van der Waals surface area contributed by atoms with Gasteiger partial charge in [-0.15, -0.1) is 0 Å². The highest BCUT2D eigenvalue weighted by molar-refractivity contribution is 9.10. The molecule has 0 unspecified atom stereocenters. The quantitative estimate of drug-likeness (QED) is 0.802. The first-order valence-corrected chi connectivity index (χ1v) is 6.36. The maximum absolute atomic E-state index is 5.75.